The van der Waals surface area contributed by atoms with E-state index in [-0.39, 0.29) is 12.1 Å². The Labute approximate surface area is 114 Å². The molecule has 0 radical (unpaired) electrons. The minimum Gasteiger partial charge on any atom is -0.453 e. The van der Waals surface area contributed by atoms with Crippen LogP contribution in [0.4, 0.5) is 9.59 Å². The van der Waals surface area contributed by atoms with E-state index in [4.69, 9.17) is 4.74 Å². The maximum Gasteiger partial charge on any atom is 0.407 e. The number of carbonyl (C=O) groups excluding carboxylic acids is 2. The van der Waals surface area contributed by atoms with Crippen LogP contribution in [0.25, 0.3) is 0 Å². The van der Waals surface area contributed by atoms with Gasteiger partial charge in [-0.1, -0.05) is 0 Å². The van der Waals surface area contributed by atoms with Crippen molar-refractivity contribution < 1.29 is 19.1 Å². The van der Waals surface area contributed by atoms with Gasteiger partial charge in [0.25, 0.3) is 0 Å². The Bertz CT molecular complexity index is 283. The van der Waals surface area contributed by atoms with E-state index in [0.717, 1.165) is 25.9 Å². The first-order valence-electron chi connectivity index (χ1n) is 6.28. The van der Waals surface area contributed by atoms with Crippen LogP contribution in [0.5, 0.6) is 0 Å². The number of hydrogen-bond acceptors (Lipinski definition) is 5. The third kappa shape index (κ3) is 11.3. The molecule has 0 spiro atoms. The van der Waals surface area contributed by atoms with Gasteiger partial charge in [0, 0.05) is 6.04 Å². The summed E-state index contributed by atoms with van der Waals surface area (Å²) in [4.78, 5) is 20.7. The lowest BCUT2D eigenvalue weighted by Crippen LogP contribution is -2.44. The first-order valence-corrected chi connectivity index (χ1v) is 6.28. The largest absolute Gasteiger partial charge is 0.453 e. The molecule has 0 aliphatic carbocycles. The Kier molecular flexibility index (Phi) is 7.90. The zero-order valence-electron chi connectivity index (χ0n) is 12.1. The van der Waals surface area contributed by atoms with Crippen LogP contribution in [0.3, 0.4) is 0 Å². The summed E-state index contributed by atoms with van der Waals surface area (Å²) >= 11 is 0. The normalized spacial score (nSPS) is 15.8. The number of piperidine rings is 1. The predicted molar refractivity (Wildman–Crippen MR) is 71.9 cm³/mol. The fourth-order valence-corrected chi connectivity index (χ4v) is 1.44. The number of methoxy groups -OCH3 is 1. The minimum absolute atomic E-state index is 0.270. The summed E-state index contributed by atoms with van der Waals surface area (Å²) < 4.78 is 9.06. The molecule has 0 unspecified atom stereocenters. The Balaban J connectivity index is 0.000000555. The summed E-state index contributed by atoms with van der Waals surface area (Å²) in [5, 5.41) is 6.12. The van der Waals surface area contributed by atoms with Crippen molar-refractivity contribution in [1.82, 2.24) is 10.6 Å². The second-order valence-corrected chi connectivity index (χ2v) is 5.19. The fraction of sp³-hybridized carbons (Fsp3) is 0.833. The van der Waals surface area contributed by atoms with Crippen molar-refractivity contribution in [3.63, 3.8) is 0 Å². The zero-order valence-corrected chi connectivity index (χ0v) is 12.1. The van der Waals surface area contributed by atoms with E-state index in [9.17, 15) is 9.59 Å². The van der Waals surface area contributed by atoms with E-state index in [1.165, 1.54) is 7.11 Å². The van der Waals surface area contributed by atoms with Crippen molar-refractivity contribution in [2.24, 2.45) is 5.73 Å². The summed E-state index contributed by atoms with van der Waals surface area (Å²) in [5.74, 6) is 0. The van der Waals surface area contributed by atoms with Gasteiger partial charge in [-0.2, -0.15) is 0 Å². The number of carbonyl (C=O) groups is 2. The molecule has 4 N–H and O–H groups in total. The van der Waals surface area contributed by atoms with Gasteiger partial charge < -0.3 is 25.8 Å². The quantitative estimate of drug-likeness (QED) is 0.662. The van der Waals surface area contributed by atoms with Gasteiger partial charge in [0.1, 0.15) is 5.60 Å². The van der Waals surface area contributed by atoms with Crippen LogP contribution in [0, 0.1) is 0 Å². The van der Waals surface area contributed by atoms with Crippen molar-refractivity contribution in [2.75, 3.05) is 20.2 Å². The Morgan fingerprint density at radius 3 is 2.11 bits per heavy atom. The number of nitrogens with two attached hydrogens (primary N) is 1. The van der Waals surface area contributed by atoms with Gasteiger partial charge in [0.15, 0.2) is 0 Å². The summed E-state index contributed by atoms with van der Waals surface area (Å²) in [6.07, 6.45) is 0.924. The molecule has 1 aliphatic heterocycles. The first-order chi connectivity index (χ1) is 8.74. The van der Waals surface area contributed by atoms with Crippen molar-refractivity contribution in [1.29, 1.82) is 0 Å². The second kappa shape index (κ2) is 8.58. The molecule has 7 nitrogen and oxygen atoms in total. The SMILES string of the molecule is CC(C)(C)OC(=O)NC1CCNCC1.COC(N)=O. The zero-order chi connectivity index (χ0) is 14.9. The van der Waals surface area contributed by atoms with Crippen LogP contribution in [0.1, 0.15) is 33.6 Å². The maximum atomic E-state index is 11.4. The Morgan fingerprint density at radius 2 is 1.74 bits per heavy atom. The van der Waals surface area contributed by atoms with Crippen LogP contribution in [-0.4, -0.2) is 44.0 Å². The number of hydrogen-bond donors (Lipinski definition) is 3. The number of nitrogens with one attached hydrogen (secondary N) is 2. The Hall–Kier alpha value is -1.50. The van der Waals surface area contributed by atoms with Gasteiger partial charge in [-0.15, -0.1) is 0 Å². The molecule has 7 heteroatoms. The molecule has 0 aromatic carbocycles. The molecule has 0 bridgehead atoms. The average molecular weight is 275 g/mol. The van der Waals surface area contributed by atoms with Crippen molar-refractivity contribution in [3.8, 4) is 0 Å². The smallest absolute Gasteiger partial charge is 0.407 e. The van der Waals surface area contributed by atoms with Crippen LogP contribution >= 0.6 is 0 Å². The third-order valence-electron chi connectivity index (χ3n) is 2.26. The van der Waals surface area contributed by atoms with Gasteiger partial charge in [-0.05, 0) is 46.7 Å². The monoisotopic (exact) mass is 275 g/mol. The molecule has 0 saturated carbocycles. The van der Waals surface area contributed by atoms with Crippen LogP contribution in [0.2, 0.25) is 0 Å². The third-order valence-corrected chi connectivity index (χ3v) is 2.26. The molecule has 0 aromatic rings. The molecule has 1 saturated heterocycles. The molecular weight excluding hydrogens is 250 g/mol. The summed E-state index contributed by atoms with van der Waals surface area (Å²) in [6.45, 7) is 7.56. The van der Waals surface area contributed by atoms with Crippen LogP contribution in [0.15, 0.2) is 0 Å². The first kappa shape index (κ1) is 17.5. The minimum atomic E-state index is -0.745. The highest BCUT2D eigenvalue weighted by molar-refractivity contribution is 5.68. The van der Waals surface area contributed by atoms with Crippen molar-refractivity contribution >= 4 is 12.2 Å². The van der Waals surface area contributed by atoms with Gasteiger partial charge >= 0.3 is 12.2 Å². The molecule has 112 valence electrons. The van der Waals surface area contributed by atoms with E-state index < -0.39 is 11.7 Å². The lowest BCUT2D eigenvalue weighted by atomic mass is 10.1. The molecule has 19 heavy (non-hydrogen) atoms. The number of alkyl carbamates (subject to hydrolysis) is 1. The molecule has 1 rings (SSSR count). The van der Waals surface area contributed by atoms with Crippen LogP contribution < -0.4 is 16.4 Å². The molecule has 0 aromatic heterocycles. The highest BCUT2D eigenvalue weighted by atomic mass is 16.6. The molecular formula is C12H25N3O4. The lowest BCUT2D eigenvalue weighted by molar-refractivity contribution is 0.0495. The molecule has 1 aliphatic rings. The standard InChI is InChI=1S/C10H20N2O2.C2H5NO2/c1-10(2,3)14-9(13)12-8-4-6-11-7-5-8;1-5-2(3)4/h8,11H,4-7H2,1-3H3,(H,12,13);1H3,(H2,3,4). The molecule has 2 amide bonds. The topological polar surface area (TPSA) is 103 Å². The molecule has 1 fully saturated rings. The number of amides is 2. The van der Waals surface area contributed by atoms with Crippen molar-refractivity contribution in [3.05, 3.63) is 0 Å². The van der Waals surface area contributed by atoms with E-state index in [2.05, 4.69) is 21.1 Å². The highest BCUT2D eigenvalue weighted by Gasteiger charge is 2.20. The van der Waals surface area contributed by atoms with Crippen LogP contribution in [-0.2, 0) is 9.47 Å². The van der Waals surface area contributed by atoms with E-state index in [1.807, 2.05) is 20.8 Å². The van der Waals surface area contributed by atoms with E-state index in [1.54, 1.807) is 0 Å². The Morgan fingerprint density at radius 1 is 1.26 bits per heavy atom. The molecule has 1 heterocycles. The molecule has 0 atom stereocenters. The van der Waals surface area contributed by atoms with Gasteiger partial charge in [-0.25, -0.2) is 9.59 Å². The number of rotatable bonds is 1. The summed E-state index contributed by atoms with van der Waals surface area (Å²) in [6, 6.07) is 0.270. The fourth-order valence-electron chi connectivity index (χ4n) is 1.44. The average Bonchev–Trinajstić information content (AvgIpc) is 2.28. The van der Waals surface area contributed by atoms with E-state index >= 15 is 0 Å². The number of ether oxygens (including phenoxy) is 2. The summed E-state index contributed by atoms with van der Waals surface area (Å²) in [7, 11) is 1.22. The summed E-state index contributed by atoms with van der Waals surface area (Å²) in [5.41, 5.74) is 4.02. The lowest BCUT2D eigenvalue weighted by Gasteiger charge is -2.26. The highest BCUT2D eigenvalue weighted by Crippen LogP contribution is 2.08. The van der Waals surface area contributed by atoms with Gasteiger partial charge in [0.05, 0.1) is 7.11 Å². The maximum absolute atomic E-state index is 11.4. The van der Waals surface area contributed by atoms with Crippen molar-refractivity contribution in [2.45, 2.75) is 45.3 Å². The van der Waals surface area contributed by atoms with Gasteiger partial charge in [-0.3, -0.25) is 0 Å². The van der Waals surface area contributed by atoms with E-state index in [0.29, 0.717) is 0 Å². The number of primary amides is 1. The second-order valence-electron chi connectivity index (χ2n) is 5.19. The van der Waals surface area contributed by atoms with Gasteiger partial charge in [0.2, 0.25) is 0 Å². The predicted octanol–water partition coefficient (Wildman–Crippen LogP) is 0.975.